The maximum Gasteiger partial charge on any atom is 0.433 e. The highest BCUT2D eigenvalue weighted by atomic mass is 32.2. The van der Waals surface area contributed by atoms with E-state index < -0.39 is 17.9 Å². The lowest BCUT2D eigenvalue weighted by atomic mass is 10.0. The molecule has 1 aliphatic rings. The van der Waals surface area contributed by atoms with Crippen LogP contribution in [0.15, 0.2) is 132 Å². The smallest absolute Gasteiger partial charge is 0.433 e. The minimum atomic E-state index is -4.67. The Kier molecular flexibility index (Phi) is 8.45. The number of anilines is 1. The summed E-state index contributed by atoms with van der Waals surface area (Å²) in [5, 5.41) is 4.89. The quantitative estimate of drug-likeness (QED) is 0.177. The number of carbonyl (C=O) groups excluding carboxylic acids is 1. The highest BCUT2D eigenvalue weighted by Gasteiger charge is 2.35. The number of rotatable bonds is 7. The molecule has 0 radical (unpaired) electrons. The van der Waals surface area contributed by atoms with E-state index >= 15 is 0 Å². The predicted molar refractivity (Wildman–Crippen MR) is 178 cm³/mol. The first-order chi connectivity index (χ1) is 23.1. The molecular formula is C34H22F3N5O3S3. The van der Waals surface area contributed by atoms with Gasteiger partial charge in [-0.05, 0) is 60.5 Å². The summed E-state index contributed by atoms with van der Waals surface area (Å²) in [5.74, 6) is -0.0708. The molecule has 5 heterocycles. The first kappa shape index (κ1) is 31.5. The molecule has 48 heavy (non-hydrogen) atoms. The first-order valence-corrected chi connectivity index (χ1v) is 16.9. The number of nitrogens with zero attached hydrogens (tertiary/aromatic N) is 4. The highest BCUT2D eigenvalue weighted by Crippen LogP contribution is 2.35. The third kappa shape index (κ3) is 6.41. The minimum absolute atomic E-state index is 0.126. The SMILES string of the molecule is CC1=C(C(=O)Nc2ccccc2)[C@@H](c2cccs2)n2c(s/c(=C/c3ccc(Sc4nc(-c5ccccc5)cc(C(F)(F)F)n4)o3)c2=O)=N1. The van der Waals surface area contributed by atoms with Gasteiger partial charge in [-0.3, -0.25) is 14.2 Å². The van der Waals surface area contributed by atoms with Crippen LogP contribution in [0, 0.1) is 0 Å². The molecule has 0 saturated heterocycles. The fraction of sp³-hybridized carbons (Fsp3) is 0.0882. The van der Waals surface area contributed by atoms with E-state index in [0.717, 1.165) is 34.0 Å². The van der Waals surface area contributed by atoms with Gasteiger partial charge in [-0.15, -0.1) is 11.3 Å². The Morgan fingerprint density at radius 3 is 2.46 bits per heavy atom. The number of furan rings is 1. The molecule has 0 spiro atoms. The Balaban J connectivity index is 1.22. The monoisotopic (exact) mass is 701 g/mol. The van der Waals surface area contributed by atoms with Gasteiger partial charge in [0.1, 0.15) is 17.5 Å². The molecule has 1 N–H and O–H groups in total. The van der Waals surface area contributed by atoms with Crippen LogP contribution < -0.4 is 20.2 Å². The first-order valence-electron chi connectivity index (χ1n) is 14.4. The van der Waals surface area contributed by atoms with E-state index in [1.807, 2.05) is 35.7 Å². The second-order valence-corrected chi connectivity index (χ2v) is 13.4. The van der Waals surface area contributed by atoms with E-state index in [-0.39, 0.29) is 27.4 Å². The zero-order valence-electron chi connectivity index (χ0n) is 24.8. The number of thiophene rings is 1. The fourth-order valence-electron chi connectivity index (χ4n) is 5.11. The number of carbonyl (C=O) groups is 1. The number of allylic oxidation sites excluding steroid dienone is 1. The summed E-state index contributed by atoms with van der Waals surface area (Å²) in [6.07, 6.45) is -3.13. The summed E-state index contributed by atoms with van der Waals surface area (Å²) in [4.78, 5) is 41.4. The van der Waals surface area contributed by atoms with E-state index in [1.54, 1.807) is 67.6 Å². The van der Waals surface area contributed by atoms with Gasteiger partial charge in [-0.1, -0.05) is 65.9 Å². The maximum absolute atomic E-state index is 13.9. The van der Waals surface area contributed by atoms with Crippen LogP contribution >= 0.6 is 34.4 Å². The van der Waals surface area contributed by atoms with Gasteiger partial charge in [0.15, 0.2) is 15.1 Å². The van der Waals surface area contributed by atoms with Crippen LogP contribution in [0.2, 0.25) is 0 Å². The number of hydrogen-bond donors (Lipinski definition) is 1. The number of halogens is 3. The number of nitrogens with one attached hydrogen (secondary N) is 1. The van der Waals surface area contributed by atoms with Crippen molar-refractivity contribution in [2.75, 3.05) is 5.32 Å². The number of alkyl halides is 3. The molecule has 0 bridgehead atoms. The van der Waals surface area contributed by atoms with Gasteiger partial charge in [0, 0.05) is 22.2 Å². The highest BCUT2D eigenvalue weighted by molar-refractivity contribution is 7.99. The molecule has 2 aromatic carbocycles. The van der Waals surface area contributed by atoms with Crippen LogP contribution in [0.5, 0.6) is 0 Å². The third-order valence-electron chi connectivity index (χ3n) is 7.24. The largest absolute Gasteiger partial charge is 0.450 e. The standard InChI is InChI=1S/C34H22F3N5O3S3/c1-19-28(30(43)39-21-11-6-3-7-12-21)29(24-13-8-16-46-24)42-31(44)25(47-33(42)38-19)17-22-14-15-27(45-22)48-32-40-23(20-9-4-2-5-10-20)18-26(41-32)34(35,36)37/h2-18,29H,1H3,(H,39,43)/b25-17+/t29-/m1/s1. The zero-order valence-corrected chi connectivity index (χ0v) is 27.2. The Morgan fingerprint density at radius 2 is 1.75 bits per heavy atom. The number of aromatic nitrogens is 3. The van der Waals surface area contributed by atoms with Crippen LogP contribution in [0.3, 0.4) is 0 Å². The van der Waals surface area contributed by atoms with E-state index in [4.69, 9.17) is 4.42 Å². The number of benzene rings is 2. The van der Waals surface area contributed by atoms with E-state index in [9.17, 15) is 22.8 Å². The molecule has 4 aromatic heterocycles. The zero-order chi connectivity index (χ0) is 33.4. The summed E-state index contributed by atoms with van der Waals surface area (Å²) in [6.45, 7) is 1.74. The minimum Gasteiger partial charge on any atom is -0.450 e. The summed E-state index contributed by atoms with van der Waals surface area (Å²) >= 11 is 3.41. The fourth-order valence-corrected chi connectivity index (χ4v) is 7.70. The van der Waals surface area contributed by atoms with Gasteiger partial charge >= 0.3 is 6.18 Å². The lowest BCUT2D eigenvalue weighted by Crippen LogP contribution is -2.40. The van der Waals surface area contributed by atoms with Crippen molar-refractivity contribution < 1.29 is 22.4 Å². The Hall–Kier alpha value is -5.05. The average molecular weight is 702 g/mol. The third-order valence-corrected chi connectivity index (χ3v) is 9.94. The van der Waals surface area contributed by atoms with Gasteiger partial charge in [-0.2, -0.15) is 13.2 Å². The molecule has 6 aromatic rings. The normalized spacial score (nSPS) is 14.9. The molecule has 14 heteroatoms. The predicted octanol–water partition coefficient (Wildman–Crippen LogP) is 7.16. The molecule has 240 valence electrons. The Morgan fingerprint density at radius 1 is 1.00 bits per heavy atom. The van der Waals surface area contributed by atoms with Crippen molar-refractivity contribution in [2.45, 2.75) is 29.4 Å². The second kappa shape index (κ2) is 12.9. The van der Waals surface area contributed by atoms with Gasteiger partial charge in [0.05, 0.1) is 21.5 Å². The molecule has 0 fully saturated rings. The van der Waals surface area contributed by atoms with Gasteiger partial charge in [0.2, 0.25) is 0 Å². The van der Waals surface area contributed by atoms with Crippen LogP contribution in [-0.2, 0) is 11.0 Å². The van der Waals surface area contributed by atoms with Crippen LogP contribution in [-0.4, -0.2) is 20.4 Å². The summed E-state index contributed by atoms with van der Waals surface area (Å²) in [5.41, 5.74) is 0.659. The van der Waals surface area contributed by atoms with Crippen molar-refractivity contribution in [2.24, 2.45) is 4.99 Å². The average Bonchev–Trinajstić information content (AvgIpc) is 3.83. The number of para-hydroxylation sites is 1. The Labute approximate surface area is 282 Å². The molecule has 0 aliphatic carbocycles. The molecule has 1 atom stereocenters. The molecule has 1 amide bonds. The van der Waals surface area contributed by atoms with Crippen molar-refractivity contribution in [3.63, 3.8) is 0 Å². The molecule has 1 aliphatic heterocycles. The number of hydrogen-bond acceptors (Lipinski definition) is 9. The van der Waals surface area contributed by atoms with Gasteiger partial charge in [0.25, 0.3) is 11.5 Å². The number of thiazole rings is 1. The van der Waals surface area contributed by atoms with Crippen LogP contribution in [0.25, 0.3) is 17.3 Å². The number of fused-ring (bicyclic) bond motifs is 1. The summed E-state index contributed by atoms with van der Waals surface area (Å²) in [7, 11) is 0. The van der Waals surface area contributed by atoms with Crippen molar-refractivity contribution in [1.82, 2.24) is 14.5 Å². The van der Waals surface area contributed by atoms with Crippen LogP contribution in [0.1, 0.15) is 29.3 Å². The van der Waals surface area contributed by atoms with Crippen molar-refractivity contribution in [3.05, 3.63) is 144 Å². The Bertz CT molecular complexity index is 2350. The van der Waals surface area contributed by atoms with Gasteiger partial charge < -0.3 is 9.73 Å². The molecule has 8 nitrogen and oxygen atoms in total. The molecule has 0 saturated carbocycles. The number of amides is 1. The summed E-state index contributed by atoms with van der Waals surface area (Å²) in [6, 6.07) is 24.7. The van der Waals surface area contributed by atoms with Crippen molar-refractivity contribution >= 4 is 52.1 Å². The molecular weight excluding hydrogens is 680 g/mol. The van der Waals surface area contributed by atoms with Crippen molar-refractivity contribution in [3.8, 4) is 11.3 Å². The summed E-state index contributed by atoms with van der Waals surface area (Å²) < 4.78 is 48.8. The lowest BCUT2D eigenvalue weighted by Gasteiger charge is -2.24. The lowest BCUT2D eigenvalue weighted by molar-refractivity contribution is -0.141. The second-order valence-electron chi connectivity index (χ2n) is 10.5. The van der Waals surface area contributed by atoms with E-state index in [1.165, 1.54) is 15.9 Å². The maximum atomic E-state index is 13.9. The molecule has 7 rings (SSSR count). The molecule has 0 unspecified atom stereocenters. The van der Waals surface area contributed by atoms with Crippen LogP contribution in [0.4, 0.5) is 18.9 Å². The van der Waals surface area contributed by atoms with Gasteiger partial charge in [-0.25, -0.2) is 15.0 Å². The topological polar surface area (TPSA) is 102 Å². The van der Waals surface area contributed by atoms with E-state index in [2.05, 4.69) is 20.3 Å². The van der Waals surface area contributed by atoms with Crippen molar-refractivity contribution in [1.29, 1.82) is 0 Å². The van der Waals surface area contributed by atoms with E-state index in [0.29, 0.717) is 37.6 Å².